The minimum Gasteiger partial charge on any atom is -0.481 e. The van der Waals surface area contributed by atoms with Crippen molar-refractivity contribution in [2.24, 2.45) is 0 Å². The summed E-state index contributed by atoms with van der Waals surface area (Å²) in [4.78, 5) is 34.7. The molecule has 1 spiro atoms. The molecule has 3 aliphatic rings. The van der Waals surface area contributed by atoms with Crippen molar-refractivity contribution in [2.45, 2.75) is 64.6 Å². The largest absolute Gasteiger partial charge is 0.481 e. The molecule has 0 saturated carbocycles. The lowest BCUT2D eigenvalue weighted by molar-refractivity contribution is -0.158. The number of esters is 1. The van der Waals surface area contributed by atoms with Gasteiger partial charge in [-0.3, -0.25) is 9.59 Å². The Morgan fingerprint density at radius 1 is 0.907 bits per heavy atom. The van der Waals surface area contributed by atoms with Gasteiger partial charge >= 0.3 is 11.9 Å². The average molecular weight is 581 g/mol. The number of carbonyl (C=O) groups is 2. The van der Waals surface area contributed by atoms with Gasteiger partial charge in [-0.2, -0.15) is 0 Å². The maximum absolute atomic E-state index is 12.6. The number of fused-ring (bicyclic) bond motifs is 9. The highest BCUT2D eigenvalue weighted by molar-refractivity contribution is 5.79. The zero-order valence-electron chi connectivity index (χ0n) is 24.8. The number of rotatable bonds is 5. The van der Waals surface area contributed by atoms with Crippen molar-refractivity contribution in [2.75, 3.05) is 0 Å². The molecule has 2 saturated heterocycles. The number of hydrogen-bond donors (Lipinski definition) is 6. The van der Waals surface area contributed by atoms with Crippen molar-refractivity contribution in [3.63, 3.8) is 0 Å². The van der Waals surface area contributed by atoms with Gasteiger partial charge in [-0.1, -0.05) is 25.3 Å². The van der Waals surface area contributed by atoms with E-state index in [-0.39, 0.29) is 19.3 Å². The molecule has 43 heavy (non-hydrogen) atoms. The normalized spacial score (nSPS) is 26.3. The van der Waals surface area contributed by atoms with Crippen LogP contribution in [0.15, 0.2) is 24.6 Å². The molecule has 2 fully saturated rings. The van der Waals surface area contributed by atoms with Gasteiger partial charge in [-0.25, -0.2) is 0 Å². The number of carboxylic acid groups (broad SMARTS) is 1. The topological polar surface area (TPSA) is 143 Å². The standard InChI is InChI=1S/C34H36N4O5/c1-7-20-17(3)23-13-24-19(5)22(9-10-31(39)40)28(37-24)16-30-34(12-11-32(41)43-34)33(6,42)29(38-30)15-27-21(8-2)18(4)25(36-27)14-26(20)35-23/h7-8,13-16,35-38,42H,1-2,9-12H2,3-6H3,(H,39,40)/b23-13-,26-14-,29-15+,30-16-/t33-,34+/m0/s1. The SMILES string of the molecule is C=Cc1c2[nH]c(c1C)/C=c1\[nH]/c(c(C)c1C=C)=C\c1[nH]c(c(CCC(=O)O)c1C)/C=C1\N/C(=C/2)[C@](C)(O)[C@@]12CCC(=O)O2. The van der Waals surface area contributed by atoms with Gasteiger partial charge in [0.1, 0.15) is 5.60 Å². The summed E-state index contributed by atoms with van der Waals surface area (Å²) in [7, 11) is 0. The summed E-state index contributed by atoms with van der Waals surface area (Å²) >= 11 is 0. The Bertz CT molecular complexity index is 1930. The fourth-order valence-corrected chi connectivity index (χ4v) is 6.71. The van der Waals surface area contributed by atoms with E-state index < -0.39 is 23.1 Å². The van der Waals surface area contributed by atoms with E-state index in [1.165, 1.54) is 0 Å². The van der Waals surface area contributed by atoms with Crippen LogP contribution in [0.1, 0.15) is 82.3 Å². The van der Waals surface area contributed by atoms with Gasteiger partial charge in [-0.15, -0.1) is 0 Å². The number of aliphatic carboxylic acids is 1. The molecule has 3 aromatic heterocycles. The molecule has 0 radical (unpaired) electrons. The lowest BCUT2D eigenvalue weighted by Gasteiger charge is -2.34. The van der Waals surface area contributed by atoms with Crippen LogP contribution in [0, 0.1) is 20.8 Å². The molecule has 0 aliphatic carbocycles. The van der Waals surface area contributed by atoms with Crippen molar-refractivity contribution in [1.82, 2.24) is 20.3 Å². The summed E-state index contributed by atoms with van der Waals surface area (Å²) in [5.74, 6) is -1.29. The van der Waals surface area contributed by atoms with Gasteiger partial charge in [0, 0.05) is 63.9 Å². The number of carbonyl (C=O) groups excluding carboxylic acids is 1. The van der Waals surface area contributed by atoms with E-state index >= 15 is 0 Å². The predicted molar refractivity (Wildman–Crippen MR) is 167 cm³/mol. The van der Waals surface area contributed by atoms with Crippen LogP contribution in [0.2, 0.25) is 0 Å². The number of aliphatic hydroxyl groups is 1. The molecule has 8 bridgehead atoms. The van der Waals surface area contributed by atoms with Crippen molar-refractivity contribution < 1.29 is 24.5 Å². The van der Waals surface area contributed by atoms with Gasteiger partial charge in [0.15, 0.2) is 5.60 Å². The second kappa shape index (κ2) is 9.91. The molecule has 6 rings (SSSR count). The Balaban J connectivity index is 1.71. The molecule has 9 nitrogen and oxygen atoms in total. The van der Waals surface area contributed by atoms with Crippen molar-refractivity contribution in [3.8, 4) is 0 Å². The van der Waals surface area contributed by atoms with E-state index in [4.69, 9.17) is 4.74 Å². The Morgan fingerprint density at radius 2 is 1.56 bits per heavy atom. The summed E-state index contributed by atoms with van der Waals surface area (Å²) in [6, 6.07) is 0. The molecule has 9 heteroatoms. The number of H-pyrrole nitrogens is 3. The molecule has 3 aliphatic heterocycles. The first-order valence-electron chi connectivity index (χ1n) is 14.4. The Kier molecular flexibility index (Phi) is 6.54. The maximum Gasteiger partial charge on any atom is 0.307 e. The Hall–Kier alpha value is -4.76. The van der Waals surface area contributed by atoms with E-state index in [9.17, 15) is 19.8 Å². The number of aromatic nitrogens is 3. The monoisotopic (exact) mass is 580 g/mol. The highest BCUT2D eigenvalue weighted by Crippen LogP contribution is 2.50. The Labute approximate surface area is 249 Å². The first-order valence-corrected chi connectivity index (χ1v) is 14.4. The third-order valence-electron chi connectivity index (χ3n) is 9.32. The third-order valence-corrected chi connectivity index (χ3v) is 9.32. The number of ether oxygens (including phenoxy) is 1. The molecule has 6 heterocycles. The molecule has 0 aromatic carbocycles. The second-order valence-corrected chi connectivity index (χ2v) is 11.7. The smallest absolute Gasteiger partial charge is 0.307 e. The van der Waals surface area contributed by atoms with Crippen LogP contribution in [0.3, 0.4) is 0 Å². The van der Waals surface area contributed by atoms with Crippen LogP contribution in [0.5, 0.6) is 0 Å². The van der Waals surface area contributed by atoms with Crippen LogP contribution in [0.4, 0.5) is 0 Å². The highest BCUT2D eigenvalue weighted by atomic mass is 16.6. The highest BCUT2D eigenvalue weighted by Gasteiger charge is 2.63. The van der Waals surface area contributed by atoms with Crippen molar-refractivity contribution >= 4 is 48.4 Å². The fraction of sp³-hybridized carbons (Fsp3) is 0.294. The lowest BCUT2D eigenvalue weighted by atomic mass is 9.80. The van der Waals surface area contributed by atoms with E-state index in [0.717, 1.165) is 61.2 Å². The lowest BCUT2D eigenvalue weighted by Crippen LogP contribution is -2.49. The zero-order chi connectivity index (χ0) is 30.8. The van der Waals surface area contributed by atoms with E-state index in [0.29, 0.717) is 23.5 Å². The van der Waals surface area contributed by atoms with Crippen LogP contribution in [-0.2, 0) is 20.7 Å². The number of aromatic amines is 3. The summed E-state index contributed by atoms with van der Waals surface area (Å²) in [5.41, 5.74) is 6.78. The average Bonchev–Trinajstić information content (AvgIpc) is 3.69. The minimum absolute atomic E-state index is 0.0510. The summed E-state index contributed by atoms with van der Waals surface area (Å²) < 4.78 is 5.95. The quantitative estimate of drug-likeness (QED) is 0.254. The number of nitrogens with one attached hydrogen (secondary N) is 4. The molecular weight excluding hydrogens is 544 g/mol. The van der Waals surface area contributed by atoms with Crippen LogP contribution in [0.25, 0.3) is 36.5 Å². The molecule has 6 N–H and O–H groups in total. The van der Waals surface area contributed by atoms with Crippen LogP contribution in [-0.4, -0.2) is 48.3 Å². The molecular formula is C34H36N4O5. The van der Waals surface area contributed by atoms with E-state index in [1.54, 1.807) is 13.0 Å². The van der Waals surface area contributed by atoms with Gasteiger partial charge < -0.3 is 35.2 Å². The fourth-order valence-electron chi connectivity index (χ4n) is 6.71. The van der Waals surface area contributed by atoms with Gasteiger partial charge in [0.25, 0.3) is 0 Å². The van der Waals surface area contributed by atoms with Crippen molar-refractivity contribution in [3.05, 3.63) is 91.4 Å². The summed E-state index contributed by atoms with van der Waals surface area (Å²) in [5, 5.41) is 26.8. The van der Waals surface area contributed by atoms with Gasteiger partial charge in [-0.05, 0) is 80.7 Å². The number of hydrogen-bond acceptors (Lipinski definition) is 5. The first kappa shape index (κ1) is 28.4. The molecule has 0 unspecified atom stereocenters. The summed E-state index contributed by atoms with van der Waals surface area (Å²) in [6.07, 6.45) is 12.0. The van der Waals surface area contributed by atoms with Gasteiger partial charge in [0.2, 0.25) is 0 Å². The van der Waals surface area contributed by atoms with Gasteiger partial charge in [0.05, 0.1) is 11.4 Å². The molecule has 222 valence electrons. The van der Waals surface area contributed by atoms with E-state index in [2.05, 4.69) is 33.4 Å². The van der Waals surface area contributed by atoms with E-state index in [1.807, 2.05) is 51.2 Å². The molecule has 2 atom stereocenters. The predicted octanol–water partition coefficient (Wildman–Crippen LogP) is 3.68. The number of carboxylic acids is 1. The Morgan fingerprint density at radius 3 is 2.21 bits per heavy atom. The van der Waals surface area contributed by atoms with Crippen LogP contribution < -0.4 is 16.0 Å². The minimum atomic E-state index is -1.58. The van der Waals surface area contributed by atoms with Crippen molar-refractivity contribution in [1.29, 1.82) is 0 Å². The third kappa shape index (κ3) is 4.26. The van der Waals surface area contributed by atoms with Crippen LogP contribution >= 0.6 is 0 Å². The first-order chi connectivity index (χ1) is 20.4. The zero-order valence-corrected chi connectivity index (χ0v) is 24.8. The summed E-state index contributed by atoms with van der Waals surface area (Å²) in [6.45, 7) is 15.8. The maximum atomic E-state index is 12.6. The second-order valence-electron chi connectivity index (χ2n) is 11.7. The molecule has 3 aromatic rings. The molecule has 0 amide bonds.